The number of aliphatic hydroxyl groups is 1. The van der Waals surface area contributed by atoms with Crippen molar-refractivity contribution in [2.45, 2.75) is 31.9 Å². The molecule has 0 radical (unpaired) electrons. The predicted molar refractivity (Wildman–Crippen MR) is 69.3 cm³/mol. The van der Waals surface area contributed by atoms with Crippen LogP contribution in [0.25, 0.3) is 0 Å². The highest BCUT2D eigenvalue weighted by molar-refractivity contribution is 5.57. The highest BCUT2D eigenvalue weighted by atomic mass is 19.1. The summed E-state index contributed by atoms with van der Waals surface area (Å²) in [6, 6.07) is 5.26. The summed E-state index contributed by atoms with van der Waals surface area (Å²) < 4.78 is 19.2. The molecule has 4 heteroatoms. The van der Waals surface area contributed by atoms with E-state index in [-0.39, 0.29) is 5.82 Å². The number of benzene rings is 1. The third-order valence-electron chi connectivity index (χ3n) is 3.28. The Morgan fingerprint density at radius 1 is 1.50 bits per heavy atom. The molecule has 0 unspecified atom stereocenters. The van der Waals surface area contributed by atoms with Crippen LogP contribution in [0.5, 0.6) is 0 Å². The molecule has 1 aliphatic rings. The lowest BCUT2D eigenvalue weighted by atomic mass is 10.1. The fourth-order valence-corrected chi connectivity index (χ4v) is 2.22. The molecular formula is C14H20FNO2. The zero-order valence-electron chi connectivity index (χ0n) is 10.9. The summed E-state index contributed by atoms with van der Waals surface area (Å²) in [5.41, 5.74) is 1.19. The van der Waals surface area contributed by atoms with Crippen LogP contribution in [0.4, 0.5) is 10.1 Å². The van der Waals surface area contributed by atoms with E-state index >= 15 is 0 Å². The summed E-state index contributed by atoms with van der Waals surface area (Å²) in [6.07, 6.45) is 1.49. The molecule has 0 amide bonds. The largest absolute Gasteiger partial charge is 0.389 e. The third kappa shape index (κ3) is 2.82. The summed E-state index contributed by atoms with van der Waals surface area (Å²) in [7, 11) is 1.64. The molecule has 0 saturated heterocycles. The Bertz CT molecular complexity index is 405. The van der Waals surface area contributed by atoms with Crippen LogP contribution in [-0.2, 0) is 4.74 Å². The van der Waals surface area contributed by atoms with E-state index in [9.17, 15) is 9.50 Å². The summed E-state index contributed by atoms with van der Waals surface area (Å²) in [6.45, 7) is 2.88. The molecule has 1 saturated carbocycles. The molecule has 1 N–H and O–H groups in total. The molecule has 3 nitrogen and oxygen atoms in total. The van der Waals surface area contributed by atoms with Crippen molar-refractivity contribution in [2.75, 3.05) is 25.2 Å². The summed E-state index contributed by atoms with van der Waals surface area (Å²) in [5.74, 6) is -0.267. The summed E-state index contributed by atoms with van der Waals surface area (Å²) in [4.78, 5) is 2.03. The van der Waals surface area contributed by atoms with Gasteiger partial charge in [0.25, 0.3) is 0 Å². The fraction of sp³-hybridized carbons (Fsp3) is 0.571. The number of nitrogens with zero attached hydrogens (tertiary/aromatic N) is 1. The van der Waals surface area contributed by atoms with Crippen LogP contribution in [0.1, 0.15) is 31.4 Å². The van der Waals surface area contributed by atoms with Crippen molar-refractivity contribution >= 4 is 5.69 Å². The first-order valence-corrected chi connectivity index (χ1v) is 6.37. The Morgan fingerprint density at radius 2 is 2.22 bits per heavy atom. The van der Waals surface area contributed by atoms with E-state index in [1.54, 1.807) is 26.2 Å². The first-order chi connectivity index (χ1) is 8.65. The second-order valence-corrected chi connectivity index (χ2v) is 4.77. The van der Waals surface area contributed by atoms with Gasteiger partial charge in [0.05, 0.1) is 18.4 Å². The number of hydrogen-bond donors (Lipinski definition) is 1. The second-order valence-electron chi connectivity index (χ2n) is 4.77. The highest BCUT2D eigenvalue weighted by Gasteiger charge is 2.32. The highest BCUT2D eigenvalue weighted by Crippen LogP contribution is 2.37. The van der Waals surface area contributed by atoms with Crippen LogP contribution in [0.2, 0.25) is 0 Å². The van der Waals surface area contributed by atoms with Gasteiger partial charge in [0.15, 0.2) is 0 Å². The molecule has 0 bridgehead atoms. The quantitative estimate of drug-likeness (QED) is 0.845. The molecule has 100 valence electrons. The van der Waals surface area contributed by atoms with Crippen LogP contribution in [0.3, 0.4) is 0 Å². The van der Waals surface area contributed by atoms with Crippen LogP contribution in [0.15, 0.2) is 18.2 Å². The van der Waals surface area contributed by atoms with Crippen LogP contribution >= 0.6 is 0 Å². The summed E-state index contributed by atoms with van der Waals surface area (Å²) in [5, 5.41) is 9.78. The van der Waals surface area contributed by atoms with E-state index in [4.69, 9.17) is 4.74 Å². The Hall–Kier alpha value is -1.13. The van der Waals surface area contributed by atoms with E-state index in [1.807, 2.05) is 4.90 Å². The molecule has 1 aromatic rings. The Morgan fingerprint density at radius 3 is 2.78 bits per heavy atom. The van der Waals surface area contributed by atoms with Crippen molar-refractivity contribution in [3.8, 4) is 0 Å². The zero-order chi connectivity index (χ0) is 13.1. The van der Waals surface area contributed by atoms with Crippen LogP contribution in [-0.4, -0.2) is 31.4 Å². The number of halogens is 1. The first-order valence-electron chi connectivity index (χ1n) is 6.37. The topological polar surface area (TPSA) is 32.7 Å². The maximum absolute atomic E-state index is 14.1. The monoisotopic (exact) mass is 253 g/mol. The van der Waals surface area contributed by atoms with Gasteiger partial charge in [-0.25, -0.2) is 4.39 Å². The average molecular weight is 253 g/mol. The third-order valence-corrected chi connectivity index (χ3v) is 3.28. The number of aliphatic hydroxyl groups excluding tert-OH is 1. The number of para-hydroxylation sites is 1. The molecule has 0 spiro atoms. The van der Waals surface area contributed by atoms with Gasteiger partial charge >= 0.3 is 0 Å². The lowest BCUT2D eigenvalue weighted by Crippen LogP contribution is -2.31. The van der Waals surface area contributed by atoms with Crippen molar-refractivity contribution in [3.63, 3.8) is 0 Å². The van der Waals surface area contributed by atoms with Crippen LogP contribution < -0.4 is 4.90 Å². The second kappa shape index (κ2) is 5.67. The van der Waals surface area contributed by atoms with Gasteiger partial charge < -0.3 is 14.7 Å². The summed E-state index contributed by atoms with van der Waals surface area (Å²) >= 11 is 0. The minimum absolute atomic E-state index is 0.267. The molecule has 0 aromatic heterocycles. The SMILES string of the molecule is COCCN(c1c(F)cccc1[C@H](C)O)C1CC1. The van der Waals surface area contributed by atoms with Crippen molar-refractivity contribution in [1.82, 2.24) is 0 Å². The van der Waals surface area contributed by atoms with Crippen molar-refractivity contribution in [1.29, 1.82) is 0 Å². The maximum Gasteiger partial charge on any atom is 0.146 e. The van der Waals surface area contributed by atoms with Gasteiger partial charge in [0.2, 0.25) is 0 Å². The van der Waals surface area contributed by atoms with Gasteiger partial charge in [-0.3, -0.25) is 0 Å². The van der Waals surface area contributed by atoms with Crippen LogP contribution in [0, 0.1) is 5.82 Å². The molecule has 2 rings (SSSR count). The zero-order valence-corrected chi connectivity index (χ0v) is 10.9. The van der Waals surface area contributed by atoms with Gasteiger partial charge in [-0.1, -0.05) is 12.1 Å². The molecule has 1 fully saturated rings. The molecule has 0 aliphatic heterocycles. The number of ether oxygens (including phenoxy) is 1. The lowest BCUT2D eigenvalue weighted by Gasteiger charge is -2.28. The van der Waals surface area contributed by atoms with Crippen molar-refractivity contribution in [2.24, 2.45) is 0 Å². The molecule has 0 heterocycles. The fourth-order valence-electron chi connectivity index (χ4n) is 2.22. The van der Waals surface area contributed by atoms with E-state index in [0.29, 0.717) is 30.4 Å². The number of rotatable bonds is 6. The van der Waals surface area contributed by atoms with Gasteiger partial charge in [0.1, 0.15) is 5.82 Å². The molecule has 1 aromatic carbocycles. The van der Waals surface area contributed by atoms with Crippen molar-refractivity contribution < 1.29 is 14.2 Å². The van der Waals surface area contributed by atoms with E-state index in [2.05, 4.69) is 0 Å². The van der Waals surface area contributed by atoms with Crippen molar-refractivity contribution in [3.05, 3.63) is 29.6 Å². The van der Waals surface area contributed by atoms with Gasteiger partial charge in [0, 0.05) is 25.3 Å². The Kier molecular flexibility index (Phi) is 4.19. The predicted octanol–water partition coefficient (Wildman–Crippen LogP) is 2.49. The number of hydrogen-bond acceptors (Lipinski definition) is 3. The van der Waals surface area contributed by atoms with Gasteiger partial charge in [-0.05, 0) is 25.8 Å². The van der Waals surface area contributed by atoms with Gasteiger partial charge in [-0.2, -0.15) is 0 Å². The van der Waals surface area contributed by atoms with Gasteiger partial charge in [-0.15, -0.1) is 0 Å². The lowest BCUT2D eigenvalue weighted by molar-refractivity contribution is 0.196. The minimum Gasteiger partial charge on any atom is -0.389 e. The smallest absolute Gasteiger partial charge is 0.146 e. The average Bonchev–Trinajstić information content (AvgIpc) is 3.15. The van der Waals surface area contributed by atoms with E-state index in [0.717, 1.165) is 12.8 Å². The standard InChI is InChI=1S/C14H20FNO2/c1-10(17)12-4-3-5-13(15)14(12)16(8-9-18-2)11-6-7-11/h3-5,10-11,17H,6-9H2,1-2H3/t10-/m0/s1. The minimum atomic E-state index is -0.667. The number of anilines is 1. The maximum atomic E-state index is 14.1. The Labute approximate surface area is 107 Å². The van der Waals surface area contributed by atoms with E-state index < -0.39 is 6.10 Å². The molecule has 1 atom stereocenters. The molecule has 18 heavy (non-hydrogen) atoms. The molecular weight excluding hydrogens is 233 g/mol. The molecule has 1 aliphatic carbocycles. The van der Waals surface area contributed by atoms with E-state index in [1.165, 1.54) is 6.07 Å². The number of methoxy groups -OCH3 is 1. The Balaban J connectivity index is 2.33. The normalized spacial score (nSPS) is 16.7. The first kappa shape index (κ1) is 13.3.